The summed E-state index contributed by atoms with van der Waals surface area (Å²) in [5, 5.41) is 8.97. The Morgan fingerprint density at radius 2 is 2.00 bits per heavy atom. The van der Waals surface area contributed by atoms with Gasteiger partial charge in [-0.3, -0.25) is 0 Å². The predicted octanol–water partition coefficient (Wildman–Crippen LogP) is 3.90. The zero-order chi connectivity index (χ0) is 9.52. The number of unbranched alkanes of at least 4 members (excludes halogenated alkanes) is 2. The maximum absolute atomic E-state index is 8.97. The van der Waals surface area contributed by atoms with Gasteiger partial charge in [0.1, 0.15) is 0 Å². The molecule has 2 unspecified atom stereocenters. The molecule has 0 aromatic carbocycles. The van der Waals surface area contributed by atoms with Gasteiger partial charge >= 0.3 is 0 Å². The minimum absolute atomic E-state index is 0.380. The van der Waals surface area contributed by atoms with E-state index in [4.69, 9.17) is 5.26 Å². The Morgan fingerprint density at radius 3 is 2.69 bits per heavy atom. The SMILES string of the molecule is CCCCCC1CCCCC1C#N. The fourth-order valence-corrected chi connectivity index (χ4v) is 2.38. The van der Waals surface area contributed by atoms with Crippen molar-refractivity contribution in [2.75, 3.05) is 0 Å². The molecule has 1 nitrogen and oxygen atoms in total. The van der Waals surface area contributed by atoms with E-state index in [0.29, 0.717) is 5.92 Å². The Morgan fingerprint density at radius 1 is 1.23 bits per heavy atom. The lowest BCUT2D eigenvalue weighted by molar-refractivity contribution is 0.268. The lowest BCUT2D eigenvalue weighted by Gasteiger charge is -2.26. The Hall–Kier alpha value is -0.510. The van der Waals surface area contributed by atoms with Crippen molar-refractivity contribution in [1.82, 2.24) is 0 Å². The molecule has 0 heterocycles. The van der Waals surface area contributed by atoms with Crippen LogP contribution >= 0.6 is 0 Å². The number of nitriles is 1. The molecular formula is C12H21N. The third-order valence-corrected chi connectivity index (χ3v) is 3.25. The van der Waals surface area contributed by atoms with Crippen LogP contribution in [0.25, 0.3) is 0 Å². The molecule has 0 bridgehead atoms. The van der Waals surface area contributed by atoms with Crippen molar-refractivity contribution in [3.63, 3.8) is 0 Å². The number of hydrogen-bond acceptors (Lipinski definition) is 1. The van der Waals surface area contributed by atoms with E-state index in [1.54, 1.807) is 0 Å². The minimum atomic E-state index is 0.380. The largest absolute Gasteiger partial charge is 0.198 e. The highest BCUT2D eigenvalue weighted by Gasteiger charge is 2.23. The molecule has 13 heavy (non-hydrogen) atoms. The van der Waals surface area contributed by atoms with Crippen molar-refractivity contribution in [3.05, 3.63) is 0 Å². The number of hydrogen-bond donors (Lipinski definition) is 0. The van der Waals surface area contributed by atoms with Gasteiger partial charge in [0, 0.05) is 5.92 Å². The number of nitrogens with zero attached hydrogens (tertiary/aromatic N) is 1. The number of rotatable bonds is 4. The Kier molecular flexibility index (Phi) is 4.90. The standard InChI is InChI=1S/C12H21N/c1-2-3-4-7-11-8-5-6-9-12(11)10-13/h11-12H,2-9H2,1H3. The zero-order valence-corrected chi connectivity index (χ0v) is 8.76. The van der Waals surface area contributed by atoms with E-state index in [1.807, 2.05) is 0 Å². The van der Waals surface area contributed by atoms with Crippen molar-refractivity contribution < 1.29 is 0 Å². The van der Waals surface area contributed by atoms with Crippen LogP contribution in [0, 0.1) is 23.2 Å². The van der Waals surface area contributed by atoms with Gasteiger partial charge in [0.15, 0.2) is 0 Å². The molecule has 1 aliphatic rings. The molecule has 0 radical (unpaired) electrons. The molecule has 1 saturated carbocycles. The van der Waals surface area contributed by atoms with Gasteiger partial charge < -0.3 is 0 Å². The summed E-state index contributed by atoms with van der Waals surface area (Å²) in [4.78, 5) is 0. The first-order valence-electron chi connectivity index (χ1n) is 5.78. The van der Waals surface area contributed by atoms with Crippen LogP contribution in [0.4, 0.5) is 0 Å². The molecule has 0 amide bonds. The quantitative estimate of drug-likeness (QED) is 0.600. The van der Waals surface area contributed by atoms with Gasteiger partial charge in [-0.1, -0.05) is 39.0 Å². The average molecular weight is 179 g/mol. The lowest BCUT2D eigenvalue weighted by Crippen LogP contribution is -2.17. The van der Waals surface area contributed by atoms with E-state index in [-0.39, 0.29) is 0 Å². The second-order valence-corrected chi connectivity index (χ2v) is 4.28. The summed E-state index contributed by atoms with van der Waals surface area (Å²) in [6.45, 7) is 2.24. The normalized spacial score (nSPS) is 28.3. The van der Waals surface area contributed by atoms with E-state index in [9.17, 15) is 0 Å². The molecule has 0 spiro atoms. The average Bonchev–Trinajstić information content (AvgIpc) is 2.19. The summed E-state index contributed by atoms with van der Waals surface area (Å²) >= 11 is 0. The third-order valence-electron chi connectivity index (χ3n) is 3.25. The van der Waals surface area contributed by atoms with Crippen LogP contribution in [-0.4, -0.2) is 0 Å². The van der Waals surface area contributed by atoms with Gasteiger partial charge in [-0.2, -0.15) is 5.26 Å². The molecule has 0 aromatic heterocycles. The van der Waals surface area contributed by atoms with E-state index in [2.05, 4.69) is 13.0 Å². The minimum Gasteiger partial charge on any atom is -0.198 e. The van der Waals surface area contributed by atoms with Gasteiger partial charge in [-0.25, -0.2) is 0 Å². The molecule has 0 aromatic rings. The van der Waals surface area contributed by atoms with Crippen molar-refractivity contribution in [1.29, 1.82) is 5.26 Å². The van der Waals surface area contributed by atoms with Crippen LogP contribution in [0.15, 0.2) is 0 Å². The monoisotopic (exact) mass is 179 g/mol. The second kappa shape index (κ2) is 6.02. The Bertz CT molecular complexity index is 168. The summed E-state index contributed by atoms with van der Waals surface area (Å²) < 4.78 is 0. The Balaban J connectivity index is 2.24. The molecule has 0 N–H and O–H groups in total. The van der Waals surface area contributed by atoms with E-state index in [1.165, 1.54) is 44.9 Å². The Labute approximate surface area is 82.1 Å². The fraction of sp³-hybridized carbons (Fsp3) is 0.917. The van der Waals surface area contributed by atoms with Crippen molar-refractivity contribution in [2.45, 2.75) is 58.3 Å². The summed E-state index contributed by atoms with van der Waals surface area (Å²) in [6, 6.07) is 2.48. The highest BCUT2D eigenvalue weighted by Crippen LogP contribution is 2.32. The molecule has 1 rings (SSSR count). The van der Waals surface area contributed by atoms with Gasteiger partial charge in [-0.05, 0) is 25.2 Å². The zero-order valence-electron chi connectivity index (χ0n) is 8.76. The molecule has 0 aliphatic heterocycles. The molecule has 1 fully saturated rings. The van der Waals surface area contributed by atoms with Gasteiger partial charge in [0.05, 0.1) is 6.07 Å². The maximum Gasteiger partial charge on any atom is 0.0658 e. The smallest absolute Gasteiger partial charge is 0.0658 e. The van der Waals surface area contributed by atoms with Crippen molar-refractivity contribution in [2.24, 2.45) is 11.8 Å². The second-order valence-electron chi connectivity index (χ2n) is 4.28. The fourth-order valence-electron chi connectivity index (χ4n) is 2.38. The van der Waals surface area contributed by atoms with Crippen LogP contribution in [-0.2, 0) is 0 Å². The van der Waals surface area contributed by atoms with Crippen LogP contribution in [0.1, 0.15) is 58.3 Å². The summed E-state index contributed by atoms with van der Waals surface area (Å²) in [5.41, 5.74) is 0. The summed E-state index contributed by atoms with van der Waals surface area (Å²) in [6.07, 6.45) is 10.4. The van der Waals surface area contributed by atoms with Gasteiger partial charge in [-0.15, -0.1) is 0 Å². The van der Waals surface area contributed by atoms with Crippen LogP contribution in [0.2, 0.25) is 0 Å². The maximum atomic E-state index is 8.97. The first-order valence-corrected chi connectivity index (χ1v) is 5.78. The summed E-state index contributed by atoms with van der Waals surface area (Å²) in [5.74, 6) is 1.11. The van der Waals surface area contributed by atoms with Crippen molar-refractivity contribution in [3.8, 4) is 6.07 Å². The summed E-state index contributed by atoms with van der Waals surface area (Å²) in [7, 11) is 0. The van der Waals surface area contributed by atoms with E-state index >= 15 is 0 Å². The van der Waals surface area contributed by atoms with Crippen LogP contribution < -0.4 is 0 Å². The highest BCUT2D eigenvalue weighted by atomic mass is 14.3. The molecule has 0 saturated heterocycles. The molecule has 2 atom stereocenters. The van der Waals surface area contributed by atoms with Gasteiger partial charge in [0.25, 0.3) is 0 Å². The molecule has 74 valence electrons. The van der Waals surface area contributed by atoms with Gasteiger partial charge in [0.2, 0.25) is 0 Å². The molecule has 1 aliphatic carbocycles. The van der Waals surface area contributed by atoms with Crippen LogP contribution in [0.5, 0.6) is 0 Å². The van der Waals surface area contributed by atoms with E-state index in [0.717, 1.165) is 12.3 Å². The first kappa shape index (κ1) is 10.6. The lowest BCUT2D eigenvalue weighted by atomic mass is 9.77. The van der Waals surface area contributed by atoms with Crippen LogP contribution in [0.3, 0.4) is 0 Å². The van der Waals surface area contributed by atoms with E-state index < -0.39 is 0 Å². The molecule has 1 heteroatoms. The highest BCUT2D eigenvalue weighted by molar-refractivity contribution is 4.90. The first-order chi connectivity index (χ1) is 6.38. The third kappa shape index (κ3) is 3.38. The molecular weight excluding hydrogens is 158 g/mol. The topological polar surface area (TPSA) is 23.8 Å². The van der Waals surface area contributed by atoms with Crippen molar-refractivity contribution >= 4 is 0 Å². The predicted molar refractivity (Wildman–Crippen MR) is 55.2 cm³/mol.